The number of fused-ring (bicyclic) bond motifs is 1. The van der Waals surface area contributed by atoms with E-state index in [0.29, 0.717) is 6.54 Å². The lowest BCUT2D eigenvalue weighted by Crippen LogP contribution is -2.39. The number of anilines is 1. The zero-order valence-electron chi connectivity index (χ0n) is 12.6. The summed E-state index contributed by atoms with van der Waals surface area (Å²) >= 11 is 0. The summed E-state index contributed by atoms with van der Waals surface area (Å²) in [5.41, 5.74) is 2.01. The quantitative estimate of drug-likeness (QED) is 0.841. The van der Waals surface area contributed by atoms with Gasteiger partial charge in [0.05, 0.1) is 6.54 Å². The van der Waals surface area contributed by atoms with Gasteiger partial charge in [-0.2, -0.15) is 5.10 Å². The van der Waals surface area contributed by atoms with Gasteiger partial charge >= 0.3 is 0 Å². The number of hydrogen-bond donors (Lipinski definition) is 1. The molecule has 0 aromatic carbocycles. The molecule has 2 rings (SSSR count). The van der Waals surface area contributed by atoms with Gasteiger partial charge in [-0.15, -0.1) is 0 Å². The molecule has 0 spiro atoms. The zero-order chi connectivity index (χ0) is 14.2. The number of carbonyl (C=O) groups excluding carboxylic acids is 1. The molecule has 1 aromatic heterocycles. The summed E-state index contributed by atoms with van der Waals surface area (Å²) in [6, 6.07) is 0. The SMILES string of the molecule is CN(C)c1n[nH]c2c1CN(C(=O)C(C)(C)C)CCC2. The normalized spacial score (nSPS) is 15.9. The molecule has 0 radical (unpaired) electrons. The average molecular weight is 264 g/mol. The maximum Gasteiger partial charge on any atom is 0.228 e. The van der Waals surface area contributed by atoms with Gasteiger partial charge in [-0.05, 0) is 12.8 Å². The third-order valence-electron chi connectivity index (χ3n) is 3.49. The minimum atomic E-state index is -0.327. The van der Waals surface area contributed by atoms with E-state index in [1.54, 1.807) is 0 Å². The fourth-order valence-corrected chi connectivity index (χ4v) is 2.50. The Balaban J connectivity index is 2.29. The Bertz CT molecular complexity index is 470. The molecule has 106 valence electrons. The summed E-state index contributed by atoms with van der Waals surface area (Å²) in [6.07, 6.45) is 1.95. The summed E-state index contributed by atoms with van der Waals surface area (Å²) in [5.74, 6) is 1.16. The fraction of sp³-hybridized carbons (Fsp3) is 0.714. The van der Waals surface area contributed by atoms with Crippen LogP contribution in [0.2, 0.25) is 0 Å². The lowest BCUT2D eigenvalue weighted by molar-refractivity contribution is -0.140. The van der Waals surface area contributed by atoms with Crippen LogP contribution in [0.4, 0.5) is 5.82 Å². The Labute approximate surface area is 115 Å². The molecule has 1 amide bonds. The van der Waals surface area contributed by atoms with Crippen LogP contribution in [-0.4, -0.2) is 41.6 Å². The summed E-state index contributed by atoms with van der Waals surface area (Å²) in [7, 11) is 3.97. The van der Waals surface area contributed by atoms with Crippen molar-refractivity contribution in [3.05, 3.63) is 11.3 Å². The summed E-state index contributed by atoms with van der Waals surface area (Å²) in [4.78, 5) is 16.4. The molecule has 0 aliphatic carbocycles. The second-order valence-corrected chi connectivity index (χ2v) is 6.48. The first-order valence-corrected chi connectivity index (χ1v) is 6.83. The molecule has 0 fully saturated rings. The number of rotatable bonds is 1. The Morgan fingerprint density at radius 2 is 2.05 bits per heavy atom. The van der Waals surface area contributed by atoms with Gasteiger partial charge in [0.15, 0.2) is 5.82 Å². The van der Waals surface area contributed by atoms with Crippen LogP contribution in [0.3, 0.4) is 0 Å². The summed E-state index contributed by atoms with van der Waals surface area (Å²) in [6.45, 7) is 7.41. The molecule has 0 bridgehead atoms. The first kappa shape index (κ1) is 13.9. The van der Waals surface area contributed by atoms with Gasteiger partial charge in [-0.3, -0.25) is 9.89 Å². The van der Waals surface area contributed by atoms with E-state index >= 15 is 0 Å². The van der Waals surface area contributed by atoms with Gasteiger partial charge in [0.1, 0.15) is 0 Å². The van der Waals surface area contributed by atoms with E-state index in [1.165, 1.54) is 11.3 Å². The maximum absolute atomic E-state index is 12.5. The van der Waals surface area contributed by atoms with Crippen molar-refractivity contribution in [3.63, 3.8) is 0 Å². The predicted octanol–water partition coefficient (Wildman–Crippen LogP) is 1.80. The highest BCUT2D eigenvalue weighted by molar-refractivity contribution is 5.81. The van der Waals surface area contributed by atoms with Gasteiger partial charge in [-0.25, -0.2) is 0 Å². The number of amides is 1. The lowest BCUT2D eigenvalue weighted by Gasteiger charge is -2.28. The van der Waals surface area contributed by atoms with E-state index in [1.807, 2.05) is 44.7 Å². The number of carbonyl (C=O) groups is 1. The number of aromatic nitrogens is 2. The van der Waals surface area contributed by atoms with Crippen LogP contribution in [0.1, 0.15) is 38.4 Å². The second kappa shape index (κ2) is 4.87. The van der Waals surface area contributed by atoms with E-state index in [9.17, 15) is 4.79 Å². The van der Waals surface area contributed by atoms with Crippen molar-refractivity contribution in [1.29, 1.82) is 0 Å². The fourth-order valence-electron chi connectivity index (χ4n) is 2.50. The zero-order valence-corrected chi connectivity index (χ0v) is 12.6. The molecule has 1 aliphatic rings. The van der Waals surface area contributed by atoms with Crippen LogP contribution < -0.4 is 4.90 Å². The van der Waals surface area contributed by atoms with Crippen LogP contribution in [-0.2, 0) is 17.8 Å². The molecule has 1 N–H and O–H groups in total. The molecular formula is C14H24N4O. The third kappa shape index (κ3) is 2.74. The van der Waals surface area contributed by atoms with Crippen LogP contribution >= 0.6 is 0 Å². The molecule has 5 nitrogen and oxygen atoms in total. The Morgan fingerprint density at radius 3 is 2.63 bits per heavy atom. The van der Waals surface area contributed by atoms with Crippen molar-refractivity contribution < 1.29 is 4.79 Å². The van der Waals surface area contributed by atoms with E-state index in [2.05, 4.69) is 10.2 Å². The van der Waals surface area contributed by atoms with E-state index in [0.717, 1.165) is 25.2 Å². The lowest BCUT2D eigenvalue weighted by atomic mass is 9.94. The Morgan fingerprint density at radius 1 is 1.37 bits per heavy atom. The van der Waals surface area contributed by atoms with Crippen molar-refractivity contribution in [2.24, 2.45) is 5.41 Å². The van der Waals surface area contributed by atoms with Crippen molar-refractivity contribution >= 4 is 11.7 Å². The molecule has 0 saturated heterocycles. The molecule has 5 heteroatoms. The van der Waals surface area contributed by atoms with Gasteiger partial charge in [0.2, 0.25) is 5.91 Å². The molecule has 1 aromatic rings. The number of aromatic amines is 1. The Kier molecular flexibility index (Phi) is 3.56. The standard InChI is InChI=1S/C14H24N4O/c1-14(2,3)13(19)18-8-6-7-11-10(9-18)12(16-15-11)17(4)5/h6-9H2,1-5H3,(H,15,16). The maximum atomic E-state index is 12.5. The van der Waals surface area contributed by atoms with Crippen LogP contribution in [0.25, 0.3) is 0 Å². The van der Waals surface area contributed by atoms with Gasteiger partial charge < -0.3 is 9.80 Å². The van der Waals surface area contributed by atoms with Gasteiger partial charge in [0, 0.05) is 37.3 Å². The number of H-pyrrole nitrogens is 1. The first-order chi connectivity index (χ1) is 8.80. The van der Waals surface area contributed by atoms with Gasteiger partial charge in [0.25, 0.3) is 0 Å². The van der Waals surface area contributed by atoms with Crippen molar-refractivity contribution in [2.75, 3.05) is 25.5 Å². The third-order valence-corrected chi connectivity index (χ3v) is 3.49. The molecule has 19 heavy (non-hydrogen) atoms. The smallest absolute Gasteiger partial charge is 0.228 e. The topological polar surface area (TPSA) is 52.2 Å². The van der Waals surface area contributed by atoms with E-state index in [4.69, 9.17) is 0 Å². The minimum absolute atomic E-state index is 0.214. The highest BCUT2D eigenvalue weighted by atomic mass is 16.2. The highest BCUT2D eigenvalue weighted by Gasteiger charge is 2.30. The number of nitrogens with zero attached hydrogens (tertiary/aromatic N) is 3. The summed E-state index contributed by atoms with van der Waals surface area (Å²) < 4.78 is 0. The van der Waals surface area contributed by atoms with Crippen LogP contribution in [0, 0.1) is 5.41 Å². The minimum Gasteiger partial charge on any atom is -0.361 e. The second-order valence-electron chi connectivity index (χ2n) is 6.48. The molecule has 0 atom stereocenters. The molecule has 0 saturated carbocycles. The predicted molar refractivity (Wildman–Crippen MR) is 76.1 cm³/mol. The van der Waals surface area contributed by atoms with Gasteiger partial charge in [-0.1, -0.05) is 20.8 Å². The van der Waals surface area contributed by atoms with E-state index < -0.39 is 0 Å². The molecule has 2 heterocycles. The highest BCUT2D eigenvalue weighted by Crippen LogP contribution is 2.27. The van der Waals surface area contributed by atoms with Crippen LogP contribution in [0.5, 0.6) is 0 Å². The monoisotopic (exact) mass is 264 g/mol. The van der Waals surface area contributed by atoms with Crippen molar-refractivity contribution in [2.45, 2.75) is 40.2 Å². The number of aryl methyl sites for hydroxylation is 1. The molecule has 1 aliphatic heterocycles. The largest absolute Gasteiger partial charge is 0.361 e. The Hall–Kier alpha value is -1.52. The van der Waals surface area contributed by atoms with E-state index in [-0.39, 0.29) is 11.3 Å². The number of nitrogens with one attached hydrogen (secondary N) is 1. The van der Waals surface area contributed by atoms with Crippen molar-refractivity contribution in [3.8, 4) is 0 Å². The number of hydrogen-bond acceptors (Lipinski definition) is 3. The summed E-state index contributed by atoms with van der Waals surface area (Å²) in [5, 5.41) is 7.47. The molecular weight excluding hydrogens is 240 g/mol. The first-order valence-electron chi connectivity index (χ1n) is 6.83. The molecule has 0 unspecified atom stereocenters. The van der Waals surface area contributed by atoms with Crippen molar-refractivity contribution in [1.82, 2.24) is 15.1 Å². The average Bonchev–Trinajstić information content (AvgIpc) is 2.58. The van der Waals surface area contributed by atoms with Crippen LogP contribution in [0.15, 0.2) is 0 Å².